The van der Waals surface area contributed by atoms with Crippen molar-refractivity contribution in [2.75, 3.05) is 5.32 Å². The molecule has 3 rings (SSSR count). The van der Waals surface area contributed by atoms with Gasteiger partial charge in [-0.15, -0.1) is 0 Å². The molecule has 3 aromatic rings. The zero-order valence-corrected chi connectivity index (χ0v) is 16.0. The van der Waals surface area contributed by atoms with E-state index in [-0.39, 0.29) is 10.6 Å². The van der Waals surface area contributed by atoms with Crippen molar-refractivity contribution in [1.29, 1.82) is 0 Å². The van der Waals surface area contributed by atoms with E-state index < -0.39 is 17.2 Å². The molecule has 138 valence electrons. The molecule has 0 bridgehead atoms. The quantitative estimate of drug-likeness (QED) is 0.698. The van der Waals surface area contributed by atoms with Gasteiger partial charge in [-0.25, -0.2) is 9.36 Å². The van der Waals surface area contributed by atoms with Gasteiger partial charge in [0.05, 0.1) is 15.7 Å². The van der Waals surface area contributed by atoms with Crippen molar-refractivity contribution in [1.82, 2.24) is 9.55 Å². The highest BCUT2D eigenvalue weighted by Gasteiger charge is 2.16. The number of amides is 1. The van der Waals surface area contributed by atoms with E-state index in [0.29, 0.717) is 16.4 Å². The van der Waals surface area contributed by atoms with Gasteiger partial charge in [0.1, 0.15) is 5.56 Å². The van der Waals surface area contributed by atoms with Gasteiger partial charge in [0.25, 0.3) is 11.5 Å². The Kier molecular flexibility index (Phi) is 5.21. The fourth-order valence-electron chi connectivity index (χ4n) is 2.51. The fourth-order valence-corrected chi connectivity index (χ4v) is 2.81. The molecule has 8 heteroatoms. The van der Waals surface area contributed by atoms with Crippen LogP contribution in [-0.2, 0) is 0 Å². The second kappa shape index (κ2) is 7.42. The molecule has 0 atom stereocenters. The number of aryl methyl sites for hydroxylation is 2. The van der Waals surface area contributed by atoms with Gasteiger partial charge in [-0.2, -0.15) is 0 Å². The molecular weight excluding hydrogens is 389 g/mol. The number of anilines is 1. The maximum Gasteiger partial charge on any atom is 0.333 e. The van der Waals surface area contributed by atoms with Crippen molar-refractivity contribution in [2.45, 2.75) is 13.8 Å². The number of rotatable bonds is 3. The minimum absolute atomic E-state index is 0.209. The lowest BCUT2D eigenvalue weighted by Crippen LogP contribution is -2.38. The van der Waals surface area contributed by atoms with Crippen LogP contribution < -0.4 is 16.6 Å². The summed E-state index contributed by atoms with van der Waals surface area (Å²) < 4.78 is 0.927. The molecule has 2 aromatic carbocycles. The minimum Gasteiger partial charge on any atom is -0.322 e. The topological polar surface area (TPSA) is 84.0 Å². The first kappa shape index (κ1) is 18.9. The number of H-pyrrole nitrogens is 1. The first-order chi connectivity index (χ1) is 12.8. The molecule has 0 unspecified atom stereocenters. The van der Waals surface area contributed by atoms with E-state index in [0.717, 1.165) is 21.9 Å². The van der Waals surface area contributed by atoms with Gasteiger partial charge >= 0.3 is 5.69 Å². The summed E-state index contributed by atoms with van der Waals surface area (Å²) in [5.41, 5.74) is 1.14. The van der Waals surface area contributed by atoms with Crippen molar-refractivity contribution in [3.8, 4) is 5.69 Å². The van der Waals surface area contributed by atoms with Crippen LogP contribution in [0, 0.1) is 13.8 Å². The van der Waals surface area contributed by atoms with E-state index >= 15 is 0 Å². The molecule has 0 aliphatic rings. The predicted molar refractivity (Wildman–Crippen MR) is 107 cm³/mol. The number of nitrogens with one attached hydrogen (secondary N) is 2. The molecular formula is C19H15Cl2N3O3. The summed E-state index contributed by atoms with van der Waals surface area (Å²) in [7, 11) is 0. The van der Waals surface area contributed by atoms with Crippen LogP contribution in [0.25, 0.3) is 5.69 Å². The number of hydrogen-bond donors (Lipinski definition) is 2. The van der Waals surface area contributed by atoms with Crippen molar-refractivity contribution in [3.63, 3.8) is 0 Å². The zero-order valence-electron chi connectivity index (χ0n) is 14.5. The van der Waals surface area contributed by atoms with E-state index in [1.807, 2.05) is 13.8 Å². The molecule has 0 aliphatic heterocycles. The zero-order chi connectivity index (χ0) is 19.7. The SMILES string of the molecule is Cc1ccc(-n2c(=O)[nH]cc(C(=O)Nc3ccc(Cl)c(Cl)c3)c2=O)cc1C. The lowest BCUT2D eigenvalue weighted by atomic mass is 10.1. The van der Waals surface area contributed by atoms with Crippen LogP contribution in [0.3, 0.4) is 0 Å². The van der Waals surface area contributed by atoms with Crippen LogP contribution in [0.4, 0.5) is 5.69 Å². The third-order valence-corrected chi connectivity index (χ3v) is 4.89. The number of aromatic amines is 1. The number of hydrogen-bond acceptors (Lipinski definition) is 3. The van der Waals surface area contributed by atoms with E-state index in [9.17, 15) is 14.4 Å². The van der Waals surface area contributed by atoms with Gasteiger partial charge in [-0.3, -0.25) is 9.59 Å². The van der Waals surface area contributed by atoms with Crippen LogP contribution >= 0.6 is 23.2 Å². The summed E-state index contributed by atoms with van der Waals surface area (Å²) in [5, 5.41) is 3.18. The second-order valence-corrected chi connectivity index (χ2v) is 6.81. The van der Waals surface area contributed by atoms with Crippen LogP contribution in [-0.4, -0.2) is 15.5 Å². The first-order valence-electron chi connectivity index (χ1n) is 7.96. The Morgan fingerprint density at radius 3 is 2.41 bits per heavy atom. The predicted octanol–water partition coefficient (Wildman–Crippen LogP) is 3.70. The summed E-state index contributed by atoms with van der Waals surface area (Å²) in [6, 6.07) is 9.72. The number of nitrogens with zero attached hydrogens (tertiary/aromatic N) is 1. The van der Waals surface area contributed by atoms with Gasteiger partial charge in [-0.1, -0.05) is 29.3 Å². The van der Waals surface area contributed by atoms with Crippen LogP contribution in [0.1, 0.15) is 21.5 Å². The van der Waals surface area contributed by atoms with Gasteiger partial charge in [0.15, 0.2) is 0 Å². The lowest BCUT2D eigenvalue weighted by Gasteiger charge is -2.10. The van der Waals surface area contributed by atoms with Crippen molar-refractivity contribution < 1.29 is 4.79 Å². The molecule has 27 heavy (non-hydrogen) atoms. The Hall–Kier alpha value is -2.83. The van der Waals surface area contributed by atoms with Gasteiger partial charge in [-0.05, 0) is 55.3 Å². The third-order valence-electron chi connectivity index (χ3n) is 4.15. The molecule has 2 N–H and O–H groups in total. The highest BCUT2D eigenvalue weighted by molar-refractivity contribution is 6.42. The smallest absolute Gasteiger partial charge is 0.322 e. The maximum absolute atomic E-state index is 12.8. The van der Waals surface area contributed by atoms with E-state index in [2.05, 4.69) is 10.3 Å². The summed E-state index contributed by atoms with van der Waals surface area (Å²) >= 11 is 11.8. The number of carbonyl (C=O) groups excluding carboxylic acids is 1. The monoisotopic (exact) mass is 403 g/mol. The number of halogens is 2. The molecule has 1 heterocycles. The first-order valence-corrected chi connectivity index (χ1v) is 8.72. The summed E-state index contributed by atoms with van der Waals surface area (Å²) in [4.78, 5) is 39.9. The molecule has 0 saturated heterocycles. The highest BCUT2D eigenvalue weighted by Crippen LogP contribution is 2.25. The summed E-state index contributed by atoms with van der Waals surface area (Å²) in [6.45, 7) is 3.80. The summed E-state index contributed by atoms with van der Waals surface area (Å²) in [5.74, 6) is -0.674. The Morgan fingerprint density at radius 1 is 1.00 bits per heavy atom. The average Bonchev–Trinajstić information content (AvgIpc) is 2.61. The Morgan fingerprint density at radius 2 is 1.74 bits per heavy atom. The second-order valence-electron chi connectivity index (χ2n) is 6.00. The van der Waals surface area contributed by atoms with Gasteiger partial charge < -0.3 is 10.3 Å². The molecule has 0 radical (unpaired) electrons. The van der Waals surface area contributed by atoms with Crippen molar-refractivity contribution >= 4 is 34.8 Å². The van der Waals surface area contributed by atoms with E-state index in [1.54, 1.807) is 24.3 Å². The maximum atomic E-state index is 12.8. The molecule has 0 fully saturated rings. The van der Waals surface area contributed by atoms with Crippen LogP contribution in [0.5, 0.6) is 0 Å². The Labute approximate surface area is 164 Å². The Balaban J connectivity index is 2.03. The molecule has 0 saturated carbocycles. The van der Waals surface area contributed by atoms with E-state index in [4.69, 9.17) is 23.2 Å². The number of aromatic nitrogens is 2. The average molecular weight is 404 g/mol. The van der Waals surface area contributed by atoms with Crippen molar-refractivity contribution in [2.24, 2.45) is 0 Å². The molecule has 0 aliphatic carbocycles. The number of carbonyl (C=O) groups is 1. The number of benzene rings is 2. The summed E-state index contributed by atoms with van der Waals surface area (Å²) in [6.07, 6.45) is 1.09. The van der Waals surface area contributed by atoms with Gasteiger partial charge in [0, 0.05) is 11.9 Å². The molecule has 6 nitrogen and oxygen atoms in total. The molecule has 1 amide bonds. The van der Waals surface area contributed by atoms with Crippen molar-refractivity contribution in [3.05, 3.63) is 90.2 Å². The minimum atomic E-state index is -0.723. The Bertz CT molecular complexity index is 1170. The molecule has 1 aromatic heterocycles. The van der Waals surface area contributed by atoms with Gasteiger partial charge in [0.2, 0.25) is 0 Å². The fraction of sp³-hybridized carbons (Fsp3) is 0.105. The highest BCUT2D eigenvalue weighted by atomic mass is 35.5. The van der Waals surface area contributed by atoms with E-state index in [1.165, 1.54) is 12.1 Å². The van der Waals surface area contributed by atoms with Crippen LogP contribution in [0.15, 0.2) is 52.2 Å². The lowest BCUT2D eigenvalue weighted by molar-refractivity contribution is 0.102. The standard InChI is InChI=1S/C19H15Cl2N3O3/c1-10-3-5-13(7-11(10)2)24-18(26)14(9-22-19(24)27)17(25)23-12-4-6-15(20)16(21)8-12/h3-9H,1-2H3,(H,22,27)(H,23,25). The van der Waals surface area contributed by atoms with Crippen LogP contribution in [0.2, 0.25) is 10.0 Å². The third kappa shape index (κ3) is 3.82. The normalized spacial score (nSPS) is 10.7. The molecule has 0 spiro atoms. The largest absolute Gasteiger partial charge is 0.333 e.